The van der Waals surface area contributed by atoms with Crippen molar-refractivity contribution < 1.29 is 14.6 Å². The Hall–Kier alpha value is -2.33. The van der Waals surface area contributed by atoms with Gasteiger partial charge in [0, 0.05) is 0 Å². The summed E-state index contributed by atoms with van der Waals surface area (Å²) < 4.78 is 5.86. The van der Waals surface area contributed by atoms with E-state index in [-0.39, 0.29) is 6.61 Å². The van der Waals surface area contributed by atoms with Crippen molar-refractivity contribution in [2.24, 2.45) is 5.73 Å². The minimum atomic E-state index is -1.72. The van der Waals surface area contributed by atoms with Crippen molar-refractivity contribution in [2.45, 2.75) is 39.9 Å². The van der Waals surface area contributed by atoms with Gasteiger partial charge in [-0.1, -0.05) is 24.3 Å². The van der Waals surface area contributed by atoms with E-state index in [1.165, 1.54) is 12.5 Å². The monoisotopic (exact) mass is 313 g/mol. The summed E-state index contributed by atoms with van der Waals surface area (Å²) >= 11 is 0. The van der Waals surface area contributed by atoms with E-state index in [0.717, 1.165) is 22.4 Å². The summed E-state index contributed by atoms with van der Waals surface area (Å²) in [6.45, 7) is 7.81. The van der Waals surface area contributed by atoms with E-state index in [1.807, 2.05) is 38.1 Å². The summed E-state index contributed by atoms with van der Waals surface area (Å²) in [4.78, 5) is 11.5. The number of ether oxygens (including phenoxy) is 1. The highest BCUT2D eigenvalue weighted by Crippen LogP contribution is 2.26. The fraction of sp³-hybridized carbons (Fsp3) is 0.316. The van der Waals surface area contributed by atoms with Crippen LogP contribution in [0.1, 0.15) is 34.7 Å². The van der Waals surface area contributed by atoms with Gasteiger partial charge in [-0.3, -0.25) is 4.79 Å². The highest BCUT2D eigenvalue weighted by molar-refractivity contribution is 5.84. The number of aliphatic hydroxyl groups is 1. The van der Waals surface area contributed by atoms with Gasteiger partial charge >= 0.3 is 0 Å². The van der Waals surface area contributed by atoms with E-state index in [2.05, 4.69) is 6.92 Å². The fourth-order valence-electron chi connectivity index (χ4n) is 2.49. The Bertz CT molecular complexity index is 712. The van der Waals surface area contributed by atoms with Crippen LogP contribution in [0.25, 0.3) is 0 Å². The molecule has 0 saturated heterocycles. The van der Waals surface area contributed by atoms with Crippen molar-refractivity contribution in [3.8, 4) is 5.75 Å². The molecule has 0 saturated carbocycles. The van der Waals surface area contributed by atoms with Crippen molar-refractivity contribution in [3.05, 3.63) is 64.2 Å². The van der Waals surface area contributed by atoms with Gasteiger partial charge in [-0.05, 0) is 67.6 Å². The lowest BCUT2D eigenvalue weighted by molar-refractivity contribution is -0.135. The molecule has 23 heavy (non-hydrogen) atoms. The first-order valence-corrected chi connectivity index (χ1v) is 7.54. The Morgan fingerprint density at radius 1 is 1.17 bits per heavy atom. The van der Waals surface area contributed by atoms with Gasteiger partial charge in [0.25, 0.3) is 5.91 Å². The Balaban J connectivity index is 2.27. The first-order valence-electron chi connectivity index (χ1n) is 7.54. The number of rotatable bonds is 5. The topological polar surface area (TPSA) is 72.6 Å². The summed E-state index contributed by atoms with van der Waals surface area (Å²) in [5, 5.41) is 10.3. The molecule has 4 nitrogen and oxygen atoms in total. The van der Waals surface area contributed by atoms with Crippen molar-refractivity contribution in [2.75, 3.05) is 0 Å². The van der Waals surface area contributed by atoms with Crippen molar-refractivity contribution in [3.63, 3.8) is 0 Å². The van der Waals surface area contributed by atoms with E-state index >= 15 is 0 Å². The number of amides is 1. The molecule has 0 heterocycles. The number of carbonyl (C=O) groups is 1. The lowest BCUT2D eigenvalue weighted by Crippen LogP contribution is -2.39. The van der Waals surface area contributed by atoms with Gasteiger partial charge in [0.15, 0.2) is 5.60 Å². The van der Waals surface area contributed by atoms with Gasteiger partial charge in [-0.25, -0.2) is 0 Å². The first kappa shape index (κ1) is 17.0. The average molecular weight is 313 g/mol. The molecule has 0 fully saturated rings. The van der Waals surface area contributed by atoms with Gasteiger partial charge in [0.2, 0.25) is 0 Å². The lowest BCUT2D eigenvalue weighted by atomic mass is 9.91. The second kappa shape index (κ2) is 6.42. The lowest BCUT2D eigenvalue weighted by Gasteiger charge is -2.23. The molecule has 2 aromatic rings. The Labute approximate surface area is 136 Å². The molecule has 0 radical (unpaired) electrons. The maximum absolute atomic E-state index is 11.5. The van der Waals surface area contributed by atoms with Crippen LogP contribution in [0, 0.1) is 20.8 Å². The minimum absolute atomic E-state index is 0.252. The SMILES string of the molecule is Cc1cc(OCc2ccccc2C(C)(O)C(N)=O)cc(C)c1C. The molecular formula is C19H23NO3. The van der Waals surface area contributed by atoms with E-state index in [0.29, 0.717) is 5.56 Å². The maximum Gasteiger partial charge on any atom is 0.253 e. The number of nitrogens with two attached hydrogens (primary N) is 1. The van der Waals surface area contributed by atoms with Crippen molar-refractivity contribution in [1.82, 2.24) is 0 Å². The van der Waals surface area contributed by atoms with Crippen LogP contribution in [0.4, 0.5) is 0 Å². The summed E-state index contributed by atoms with van der Waals surface area (Å²) in [7, 11) is 0. The molecular weight excluding hydrogens is 290 g/mol. The molecule has 2 rings (SSSR count). The highest BCUT2D eigenvalue weighted by Gasteiger charge is 2.32. The van der Waals surface area contributed by atoms with Crippen molar-refractivity contribution in [1.29, 1.82) is 0 Å². The normalized spacial score (nSPS) is 13.4. The standard InChI is InChI=1S/C19H23NO3/c1-12-9-16(10-13(2)14(12)3)23-11-15-7-5-6-8-17(15)19(4,22)18(20)21/h5-10,22H,11H2,1-4H3,(H2,20,21). The molecule has 1 unspecified atom stereocenters. The molecule has 1 atom stereocenters. The smallest absolute Gasteiger partial charge is 0.253 e. The van der Waals surface area contributed by atoms with Crippen LogP contribution in [0.15, 0.2) is 36.4 Å². The van der Waals surface area contributed by atoms with Crippen LogP contribution < -0.4 is 10.5 Å². The third-order valence-corrected chi connectivity index (χ3v) is 4.32. The number of hydrogen-bond acceptors (Lipinski definition) is 3. The van der Waals surface area contributed by atoms with Crippen molar-refractivity contribution >= 4 is 5.91 Å². The zero-order valence-electron chi connectivity index (χ0n) is 14.0. The van der Waals surface area contributed by atoms with E-state index in [9.17, 15) is 9.90 Å². The molecule has 2 aromatic carbocycles. The molecule has 0 aliphatic rings. The third kappa shape index (κ3) is 3.54. The van der Waals surface area contributed by atoms with E-state index in [1.54, 1.807) is 12.1 Å². The molecule has 0 spiro atoms. The third-order valence-electron chi connectivity index (χ3n) is 4.32. The van der Waals surface area contributed by atoms with E-state index < -0.39 is 11.5 Å². The first-order chi connectivity index (χ1) is 10.7. The summed E-state index contributed by atoms with van der Waals surface area (Å²) in [5.41, 5.74) is 8.35. The second-order valence-corrected chi connectivity index (χ2v) is 6.06. The zero-order chi connectivity index (χ0) is 17.2. The summed E-state index contributed by atoms with van der Waals surface area (Å²) in [6, 6.07) is 11.1. The van der Waals surface area contributed by atoms with Gasteiger partial charge in [-0.2, -0.15) is 0 Å². The predicted octanol–water partition coefficient (Wildman–Crippen LogP) is 2.88. The number of benzene rings is 2. The molecule has 1 amide bonds. The van der Waals surface area contributed by atoms with Crippen LogP contribution in [0.3, 0.4) is 0 Å². The van der Waals surface area contributed by atoms with Gasteiger partial charge < -0.3 is 15.6 Å². The Morgan fingerprint density at radius 2 is 1.74 bits per heavy atom. The molecule has 122 valence electrons. The summed E-state index contributed by atoms with van der Waals surface area (Å²) in [6.07, 6.45) is 0. The van der Waals surface area contributed by atoms with Crippen LogP contribution in [-0.2, 0) is 17.0 Å². The second-order valence-electron chi connectivity index (χ2n) is 6.06. The molecule has 0 aliphatic heterocycles. The molecule has 0 aliphatic carbocycles. The predicted molar refractivity (Wildman–Crippen MR) is 90.2 cm³/mol. The molecule has 4 heteroatoms. The van der Waals surface area contributed by atoms with Crippen LogP contribution >= 0.6 is 0 Å². The maximum atomic E-state index is 11.5. The average Bonchev–Trinajstić information content (AvgIpc) is 2.50. The Kier molecular flexibility index (Phi) is 4.76. The Morgan fingerprint density at radius 3 is 2.30 bits per heavy atom. The van der Waals surface area contributed by atoms with Crippen LogP contribution in [0.5, 0.6) is 5.75 Å². The van der Waals surface area contributed by atoms with Crippen LogP contribution in [0.2, 0.25) is 0 Å². The number of primary amides is 1. The minimum Gasteiger partial charge on any atom is -0.489 e. The highest BCUT2D eigenvalue weighted by atomic mass is 16.5. The number of aryl methyl sites for hydroxylation is 2. The molecule has 0 bridgehead atoms. The van der Waals surface area contributed by atoms with Gasteiger partial charge in [0.1, 0.15) is 12.4 Å². The van der Waals surface area contributed by atoms with Gasteiger partial charge in [-0.15, -0.1) is 0 Å². The number of hydrogen-bond donors (Lipinski definition) is 2. The molecule has 3 N–H and O–H groups in total. The summed E-state index contributed by atoms with van der Waals surface area (Å²) in [5.74, 6) is -0.0221. The molecule has 0 aromatic heterocycles. The quantitative estimate of drug-likeness (QED) is 0.891. The number of carbonyl (C=O) groups excluding carboxylic acids is 1. The van der Waals surface area contributed by atoms with Crippen LogP contribution in [-0.4, -0.2) is 11.0 Å². The van der Waals surface area contributed by atoms with Gasteiger partial charge in [0.05, 0.1) is 0 Å². The zero-order valence-corrected chi connectivity index (χ0v) is 14.0. The largest absolute Gasteiger partial charge is 0.489 e. The fourth-order valence-corrected chi connectivity index (χ4v) is 2.49. The van der Waals surface area contributed by atoms with E-state index in [4.69, 9.17) is 10.5 Å².